The summed E-state index contributed by atoms with van der Waals surface area (Å²) in [5.41, 5.74) is 7.20. The monoisotopic (exact) mass is 408 g/mol. The van der Waals surface area contributed by atoms with Crippen LogP contribution in [0.4, 0.5) is 5.69 Å². The van der Waals surface area contributed by atoms with E-state index >= 15 is 0 Å². The molecule has 0 bridgehead atoms. The van der Waals surface area contributed by atoms with Crippen LogP contribution in [0, 0.1) is 13.8 Å². The number of hydrogen-bond acceptors (Lipinski definition) is 1. The molecule has 0 aliphatic heterocycles. The lowest BCUT2D eigenvalue weighted by Gasteiger charge is -2.20. The topological polar surface area (TPSA) is 17.3 Å². The zero-order valence-corrected chi connectivity index (χ0v) is 17.6. The third-order valence-corrected chi connectivity index (χ3v) is 5.12. The van der Waals surface area contributed by atoms with Gasteiger partial charge in [-0.3, -0.25) is 4.99 Å². The van der Waals surface area contributed by atoms with E-state index in [9.17, 15) is 0 Å². The molecule has 2 aromatic carbocycles. The van der Waals surface area contributed by atoms with Gasteiger partial charge in [0.25, 0.3) is 0 Å². The summed E-state index contributed by atoms with van der Waals surface area (Å²) in [6, 6.07) is 19.1. The lowest BCUT2D eigenvalue weighted by molar-refractivity contribution is 0.590. The number of benzene rings is 2. The van der Waals surface area contributed by atoms with Gasteiger partial charge in [-0.25, -0.2) is 0 Å². The van der Waals surface area contributed by atoms with E-state index in [0.29, 0.717) is 0 Å². The highest BCUT2D eigenvalue weighted by Gasteiger charge is 2.14. The van der Waals surface area contributed by atoms with E-state index in [0.717, 1.165) is 15.7 Å². The second-order valence-corrected chi connectivity index (χ2v) is 8.61. The molecule has 26 heavy (non-hydrogen) atoms. The quantitative estimate of drug-likeness (QED) is 0.419. The van der Waals surface area contributed by atoms with Crippen LogP contribution in [0.25, 0.3) is 5.69 Å². The number of halogens is 1. The Morgan fingerprint density at radius 3 is 2.27 bits per heavy atom. The zero-order valence-electron chi connectivity index (χ0n) is 16.0. The van der Waals surface area contributed by atoms with Crippen LogP contribution < -0.4 is 0 Å². The Morgan fingerprint density at radius 2 is 1.65 bits per heavy atom. The number of aliphatic imine (C=N–C) groups is 1. The second kappa shape index (κ2) is 7.24. The Kier molecular flexibility index (Phi) is 5.19. The van der Waals surface area contributed by atoms with Crippen molar-refractivity contribution in [2.24, 2.45) is 4.99 Å². The lowest BCUT2D eigenvalue weighted by atomic mass is 9.87. The van der Waals surface area contributed by atoms with Gasteiger partial charge in [-0.05, 0) is 61.2 Å². The average Bonchev–Trinajstić information content (AvgIpc) is 2.86. The van der Waals surface area contributed by atoms with E-state index in [1.54, 1.807) is 0 Å². The minimum Gasteiger partial charge on any atom is -0.318 e. The molecule has 1 heterocycles. The molecule has 0 fully saturated rings. The average molecular weight is 409 g/mol. The fourth-order valence-corrected chi connectivity index (χ4v) is 3.51. The van der Waals surface area contributed by atoms with Gasteiger partial charge in [0.2, 0.25) is 0 Å². The molecule has 3 rings (SSSR count). The summed E-state index contributed by atoms with van der Waals surface area (Å²) in [7, 11) is 0. The number of nitrogens with zero attached hydrogens (tertiary/aromatic N) is 2. The van der Waals surface area contributed by atoms with Gasteiger partial charge in [-0.1, -0.05) is 54.9 Å². The van der Waals surface area contributed by atoms with Crippen molar-refractivity contribution >= 4 is 27.8 Å². The Hall–Kier alpha value is -2.13. The summed E-state index contributed by atoms with van der Waals surface area (Å²) >= 11 is 3.49. The van der Waals surface area contributed by atoms with Gasteiger partial charge in [0.05, 0.1) is 5.69 Å². The van der Waals surface area contributed by atoms with Crippen molar-refractivity contribution in [3.8, 4) is 5.69 Å². The molecule has 0 unspecified atom stereocenters. The minimum atomic E-state index is 0.168. The Labute approximate surface area is 164 Å². The van der Waals surface area contributed by atoms with Crippen LogP contribution >= 0.6 is 15.9 Å². The highest BCUT2D eigenvalue weighted by atomic mass is 79.9. The predicted octanol–water partition coefficient (Wildman–Crippen LogP) is 6.90. The number of rotatable bonds is 3. The van der Waals surface area contributed by atoms with Gasteiger partial charge >= 0.3 is 0 Å². The first-order valence-corrected chi connectivity index (χ1v) is 9.64. The van der Waals surface area contributed by atoms with Crippen LogP contribution in [-0.2, 0) is 5.41 Å². The molecule has 0 aliphatic rings. The van der Waals surface area contributed by atoms with E-state index in [-0.39, 0.29) is 5.41 Å². The van der Waals surface area contributed by atoms with Crippen LogP contribution in [-0.4, -0.2) is 10.8 Å². The van der Waals surface area contributed by atoms with Crippen molar-refractivity contribution in [1.29, 1.82) is 0 Å². The lowest BCUT2D eigenvalue weighted by Crippen LogP contribution is -2.11. The van der Waals surface area contributed by atoms with Gasteiger partial charge in [0, 0.05) is 33.3 Å². The number of hydrogen-bond donors (Lipinski definition) is 0. The van der Waals surface area contributed by atoms with E-state index < -0.39 is 0 Å². The Morgan fingerprint density at radius 1 is 0.962 bits per heavy atom. The Balaban J connectivity index is 1.93. The van der Waals surface area contributed by atoms with Gasteiger partial charge in [0.1, 0.15) is 0 Å². The summed E-state index contributed by atoms with van der Waals surface area (Å²) in [6.07, 6.45) is 1.95. The molecule has 0 saturated heterocycles. The molecule has 3 heteroatoms. The fraction of sp³-hybridized carbons (Fsp3) is 0.261. The highest BCUT2D eigenvalue weighted by Crippen LogP contribution is 2.26. The maximum absolute atomic E-state index is 4.62. The van der Waals surface area contributed by atoms with Crippen LogP contribution in [0.3, 0.4) is 0 Å². The third-order valence-electron chi connectivity index (χ3n) is 4.62. The SMILES string of the molecule is Cc1cc(C=Nc2cccc(Br)c2)c(C)n1-c1ccc(C(C)(C)C)cc1. The van der Waals surface area contributed by atoms with Gasteiger partial charge in [-0.2, -0.15) is 0 Å². The molecule has 0 saturated carbocycles. The van der Waals surface area contributed by atoms with Crippen molar-refractivity contribution < 1.29 is 0 Å². The molecule has 3 aromatic rings. The van der Waals surface area contributed by atoms with Crippen molar-refractivity contribution in [3.05, 3.63) is 81.6 Å². The van der Waals surface area contributed by atoms with E-state index in [4.69, 9.17) is 0 Å². The molecule has 1 aromatic heterocycles. The van der Waals surface area contributed by atoms with Crippen LogP contribution in [0.5, 0.6) is 0 Å². The highest BCUT2D eigenvalue weighted by molar-refractivity contribution is 9.10. The number of aromatic nitrogens is 1. The largest absolute Gasteiger partial charge is 0.318 e. The molecule has 0 spiro atoms. The summed E-state index contributed by atoms with van der Waals surface area (Å²) in [4.78, 5) is 4.62. The zero-order chi connectivity index (χ0) is 18.9. The third kappa shape index (κ3) is 3.99. The van der Waals surface area contributed by atoms with Crippen LogP contribution in [0.15, 0.2) is 64.1 Å². The van der Waals surface area contributed by atoms with Crippen molar-refractivity contribution in [2.75, 3.05) is 0 Å². The first-order chi connectivity index (χ1) is 12.3. The van der Waals surface area contributed by atoms with E-state index in [1.807, 2.05) is 30.5 Å². The normalized spacial score (nSPS) is 12.1. The molecule has 0 aliphatic carbocycles. The van der Waals surface area contributed by atoms with Crippen LogP contribution in [0.2, 0.25) is 0 Å². The molecule has 2 nitrogen and oxygen atoms in total. The van der Waals surface area contributed by atoms with Crippen molar-refractivity contribution in [2.45, 2.75) is 40.0 Å². The summed E-state index contributed by atoms with van der Waals surface area (Å²) in [5, 5.41) is 0. The first-order valence-electron chi connectivity index (χ1n) is 8.85. The second-order valence-electron chi connectivity index (χ2n) is 7.70. The Bertz CT molecular complexity index is 941. The summed E-state index contributed by atoms with van der Waals surface area (Å²) < 4.78 is 3.32. The van der Waals surface area contributed by atoms with Gasteiger partial charge in [0.15, 0.2) is 0 Å². The van der Waals surface area contributed by atoms with Crippen LogP contribution in [0.1, 0.15) is 43.3 Å². The molecular formula is C23H25BrN2. The molecule has 0 radical (unpaired) electrons. The van der Waals surface area contributed by atoms with E-state index in [2.05, 4.69) is 90.4 Å². The summed E-state index contributed by atoms with van der Waals surface area (Å²) in [6.45, 7) is 11.0. The van der Waals surface area contributed by atoms with Crippen molar-refractivity contribution in [3.63, 3.8) is 0 Å². The molecule has 0 N–H and O–H groups in total. The van der Waals surface area contributed by atoms with Crippen molar-refractivity contribution in [1.82, 2.24) is 4.57 Å². The van der Waals surface area contributed by atoms with Gasteiger partial charge < -0.3 is 4.57 Å². The molecular weight excluding hydrogens is 384 g/mol. The maximum Gasteiger partial charge on any atom is 0.0641 e. The smallest absolute Gasteiger partial charge is 0.0641 e. The molecule has 0 atom stereocenters. The maximum atomic E-state index is 4.62. The first kappa shape index (κ1) is 18.7. The standard InChI is InChI=1S/C23H25BrN2/c1-16-13-18(15-25-21-8-6-7-20(24)14-21)17(2)26(16)22-11-9-19(10-12-22)23(3,4)5/h6-15H,1-5H3. The number of aryl methyl sites for hydroxylation is 1. The predicted molar refractivity (Wildman–Crippen MR) is 115 cm³/mol. The summed E-state index contributed by atoms with van der Waals surface area (Å²) in [5.74, 6) is 0. The minimum absolute atomic E-state index is 0.168. The van der Waals surface area contributed by atoms with E-state index in [1.165, 1.54) is 22.6 Å². The van der Waals surface area contributed by atoms with Gasteiger partial charge in [-0.15, -0.1) is 0 Å². The molecule has 0 amide bonds. The molecule has 134 valence electrons. The fourth-order valence-electron chi connectivity index (χ4n) is 3.13.